The summed E-state index contributed by atoms with van der Waals surface area (Å²) in [6, 6.07) is 0. The van der Waals surface area contributed by atoms with Crippen molar-refractivity contribution >= 4 is 12.2 Å². The minimum atomic E-state index is 0.663. The van der Waals surface area contributed by atoms with Crippen LogP contribution < -0.4 is 4.74 Å². The van der Waals surface area contributed by atoms with Crippen molar-refractivity contribution in [1.82, 2.24) is 9.78 Å². The van der Waals surface area contributed by atoms with E-state index in [1.165, 1.54) is 0 Å². The molecule has 0 radical (unpaired) electrons. The van der Waals surface area contributed by atoms with Gasteiger partial charge in [0.25, 0.3) is 0 Å². The minimum absolute atomic E-state index is 0.663. The lowest BCUT2D eigenvalue weighted by atomic mass is 10.4. The van der Waals surface area contributed by atoms with Gasteiger partial charge in [0.2, 0.25) is 5.88 Å². The van der Waals surface area contributed by atoms with E-state index in [1.807, 2.05) is 20.9 Å². The Kier molecular flexibility index (Phi) is 2.34. The third-order valence-corrected chi connectivity index (χ3v) is 2.10. The van der Waals surface area contributed by atoms with Crippen LogP contribution in [0.3, 0.4) is 0 Å². The summed E-state index contributed by atoms with van der Waals surface area (Å²) in [4.78, 5) is 0. The van der Waals surface area contributed by atoms with Crippen LogP contribution in [0.15, 0.2) is 0 Å². The summed E-state index contributed by atoms with van der Waals surface area (Å²) in [5.41, 5.74) is 1.00. The highest BCUT2D eigenvalue weighted by Gasteiger charge is 2.03. The van der Waals surface area contributed by atoms with Crippen molar-refractivity contribution in [3.63, 3.8) is 0 Å². The number of aromatic amines is 1. The van der Waals surface area contributed by atoms with Crippen molar-refractivity contribution < 1.29 is 4.74 Å². The molecule has 0 bridgehead atoms. The lowest BCUT2D eigenvalue weighted by molar-refractivity contribution is 0.321. The molecule has 11 heavy (non-hydrogen) atoms. The van der Waals surface area contributed by atoms with Crippen molar-refractivity contribution in [2.75, 3.05) is 6.61 Å². The number of rotatable bonds is 2. The van der Waals surface area contributed by atoms with Crippen molar-refractivity contribution in [3.8, 4) is 5.88 Å². The van der Waals surface area contributed by atoms with Crippen LogP contribution in [0.4, 0.5) is 0 Å². The van der Waals surface area contributed by atoms with Crippen LogP contribution in [0.25, 0.3) is 0 Å². The Morgan fingerprint density at radius 2 is 2.27 bits per heavy atom. The molecule has 0 spiro atoms. The van der Waals surface area contributed by atoms with Crippen molar-refractivity contribution in [1.29, 1.82) is 0 Å². The van der Waals surface area contributed by atoms with Gasteiger partial charge in [-0.2, -0.15) is 0 Å². The summed E-state index contributed by atoms with van der Waals surface area (Å²) in [7, 11) is 1.87. The molecule has 1 heterocycles. The fourth-order valence-electron chi connectivity index (χ4n) is 0.920. The average Bonchev–Trinajstić information content (AvgIpc) is 2.19. The maximum atomic E-state index is 5.30. The lowest BCUT2D eigenvalue weighted by Gasteiger charge is -1.98. The molecule has 0 atom stereocenters. The third-order valence-electron chi connectivity index (χ3n) is 1.52. The highest BCUT2D eigenvalue weighted by atomic mass is 32.1. The first-order valence-corrected chi connectivity index (χ1v) is 3.96. The van der Waals surface area contributed by atoms with Gasteiger partial charge >= 0.3 is 0 Å². The Labute approximate surface area is 71.0 Å². The van der Waals surface area contributed by atoms with Crippen molar-refractivity contribution in [2.24, 2.45) is 7.05 Å². The number of H-pyrrole nitrogens is 1. The quantitative estimate of drug-likeness (QED) is 0.689. The molecule has 0 aliphatic rings. The number of ether oxygens (including phenoxy) is 1. The number of aryl methyl sites for hydroxylation is 1. The van der Waals surface area contributed by atoms with E-state index in [4.69, 9.17) is 17.0 Å². The first-order chi connectivity index (χ1) is 5.16. The molecule has 4 heteroatoms. The number of hydrogen-bond acceptors (Lipinski definition) is 2. The molecule has 0 unspecified atom stereocenters. The Bertz CT molecular complexity index is 300. The van der Waals surface area contributed by atoms with E-state index in [1.54, 1.807) is 4.68 Å². The summed E-state index contributed by atoms with van der Waals surface area (Å²) in [5, 5.41) is 3.00. The molecular weight excluding hydrogens is 160 g/mol. The minimum Gasteiger partial charge on any atom is -0.478 e. The zero-order valence-corrected chi connectivity index (χ0v) is 7.79. The first-order valence-electron chi connectivity index (χ1n) is 3.55. The second-order valence-electron chi connectivity index (χ2n) is 2.36. The Morgan fingerprint density at radius 3 is 2.64 bits per heavy atom. The van der Waals surface area contributed by atoms with Crippen LogP contribution in [0, 0.1) is 11.6 Å². The number of aromatic nitrogens is 2. The van der Waals surface area contributed by atoms with Gasteiger partial charge in [0, 0.05) is 12.6 Å². The molecule has 0 aliphatic heterocycles. The molecule has 0 saturated carbocycles. The fraction of sp³-hybridized carbons (Fsp3) is 0.571. The van der Waals surface area contributed by atoms with Gasteiger partial charge in [-0.1, -0.05) is 12.2 Å². The fourth-order valence-corrected chi connectivity index (χ4v) is 1.06. The van der Waals surface area contributed by atoms with Gasteiger partial charge < -0.3 is 4.74 Å². The maximum Gasteiger partial charge on any atom is 0.211 e. The average molecular weight is 172 g/mol. The van der Waals surface area contributed by atoms with Gasteiger partial charge in [0.1, 0.15) is 4.64 Å². The number of nitrogens with zero attached hydrogens (tertiary/aromatic N) is 1. The predicted octanol–water partition coefficient (Wildman–Crippen LogP) is 1.79. The molecule has 0 aromatic carbocycles. The maximum absolute atomic E-state index is 5.30. The topological polar surface area (TPSA) is 29.9 Å². The molecule has 0 fully saturated rings. The smallest absolute Gasteiger partial charge is 0.211 e. The first kappa shape index (κ1) is 8.33. The van der Waals surface area contributed by atoms with Crippen LogP contribution in [0.5, 0.6) is 5.88 Å². The second-order valence-corrected chi connectivity index (χ2v) is 2.75. The van der Waals surface area contributed by atoms with E-state index in [9.17, 15) is 0 Å². The van der Waals surface area contributed by atoms with Crippen LogP contribution in [0.2, 0.25) is 0 Å². The Balaban J connectivity index is 3.08. The molecule has 1 aromatic heterocycles. The highest BCUT2D eigenvalue weighted by Crippen LogP contribution is 2.15. The highest BCUT2D eigenvalue weighted by molar-refractivity contribution is 7.71. The standard InChI is InChI=1S/C7H12N2OS/c1-4-10-6-5(2)7(11)9(3)8-6/h8H,4H2,1-3H3. The van der Waals surface area contributed by atoms with Gasteiger partial charge in [-0.3, -0.25) is 9.78 Å². The van der Waals surface area contributed by atoms with Gasteiger partial charge in [-0.15, -0.1) is 0 Å². The molecule has 0 saturated heterocycles. The van der Waals surface area contributed by atoms with Crippen LogP contribution >= 0.6 is 12.2 Å². The summed E-state index contributed by atoms with van der Waals surface area (Å²) in [6.07, 6.45) is 0. The molecule has 3 nitrogen and oxygen atoms in total. The molecule has 1 aromatic rings. The summed E-state index contributed by atoms with van der Waals surface area (Å²) in [5.74, 6) is 0.778. The second kappa shape index (κ2) is 3.09. The molecule has 62 valence electrons. The molecule has 0 amide bonds. The molecular formula is C7H12N2OS. The van der Waals surface area contributed by atoms with Crippen LogP contribution in [0.1, 0.15) is 12.5 Å². The van der Waals surface area contributed by atoms with E-state index < -0.39 is 0 Å². The Morgan fingerprint density at radius 1 is 1.64 bits per heavy atom. The van der Waals surface area contributed by atoms with E-state index in [0.29, 0.717) is 6.61 Å². The lowest BCUT2D eigenvalue weighted by Crippen LogP contribution is -1.94. The Hall–Kier alpha value is -0.770. The molecule has 0 aliphatic carbocycles. The van der Waals surface area contributed by atoms with Gasteiger partial charge in [0.05, 0.1) is 6.61 Å². The van der Waals surface area contributed by atoms with Gasteiger partial charge in [0.15, 0.2) is 0 Å². The zero-order chi connectivity index (χ0) is 8.43. The van der Waals surface area contributed by atoms with Crippen LogP contribution in [-0.4, -0.2) is 16.4 Å². The largest absolute Gasteiger partial charge is 0.478 e. The van der Waals surface area contributed by atoms with E-state index in [-0.39, 0.29) is 0 Å². The van der Waals surface area contributed by atoms with Crippen LogP contribution in [-0.2, 0) is 7.05 Å². The predicted molar refractivity (Wildman–Crippen MR) is 46.5 cm³/mol. The number of hydrogen-bond donors (Lipinski definition) is 1. The monoisotopic (exact) mass is 172 g/mol. The molecule has 1 N–H and O–H groups in total. The summed E-state index contributed by atoms with van der Waals surface area (Å²) >= 11 is 5.08. The SMILES string of the molecule is CCOc1[nH]n(C)c(=S)c1C. The number of nitrogens with one attached hydrogen (secondary N) is 1. The van der Waals surface area contributed by atoms with Gasteiger partial charge in [-0.25, -0.2) is 0 Å². The summed E-state index contributed by atoms with van der Waals surface area (Å²) in [6.45, 7) is 4.56. The van der Waals surface area contributed by atoms with Gasteiger partial charge in [-0.05, 0) is 13.8 Å². The van der Waals surface area contributed by atoms with E-state index in [0.717, 1.165) is 16.1 Å². The normalized spacial score (nSPS) is 10.1. The van der Waals surface area contributed by atoms with Crippen molar-refractivity contribution in [3.05, 3.63) is 10.2 Å². The molecule has 1 rings (SSSR count). The third kappa shape index (κ3) is 1.45. The van der Waals surface area contributed by atoms with Crippen molar-refractivity contribution in [2.45, 2.75) is 13.8 Å². The van der Waals surface area contributed by atoms with E-state index >= 15 is 0 Å². The zero-order valence-electron chi connectivity index (χ0n) is 6.97. The summed E-state index contributed by atoms with van der Waals surface area (Å²) < 4.78 is 7.87. The van der Waals surface area contributed by atoms with E-state index in [2.05, 4.69) is 5.10 Å².